The molecule has 1 aliphatic rings. The zero-order valence-corrected chi connectivity index (χ0v) is 8.84. The van der Waals surface area contributed by atoms with Crippen LogP contribution in [-0.4, -0.2) is 24.5 Å². The van der Waals surface area contributed by atoms with Crippen molar-refractivity contribution in [2.24, 2.45) is 5.92 Å². The summed E-state index contributed by atoms with van der Waals surface area (Å²) >= 11 is 0. The summed E-state index contributed by atoms with van der Waals surface area (Å²) < 4.78 is 0. The summed E-state index contributed by atoms with van der Waals surface area (Å²) in [6.45, 7) is 5.94. The van der Waals surface area contributed by atoms with Gasteiger partial charge in [0.1, 0.15) is 0 Å². The third kappa shape index (κ3) is 4.10. The Labute approximate surface area is 77.1 Å². The molecule has 0 aromatic carbocycles. The molecule has 1 saturated carbocycles. The molecule has 0 aliphatic heterocycles. The molecule has 0 aromatic heterocycles. The number of nitrogens with zero attached hydrogens (tertiary/aromatic N) is 1. The van der Waals surface area contributed by atoms with Crippen LogP contribution in [-0.2, 0) is 0 Å². The zero-order valence-electron chi connectivity index (χ0n) is 8.84. The van der Waals surface area contributed by atoms with E-state index in [-0.39, 0.29) is 0 Å². The molecule has 0 amide bonds. The highest BCUT2D eigenvalue weighted by Crippen LogP contribution is 2.25. The van der Waals surface area contributed by atoms with Crippen molar-refractivity contribution < 1.29 is 0 Å². The average Bonchev–Trinajstić information content (AvgIpc) is 2.79. The minimum Gasteiger partial charge on any atom is -0.303 e. The van der Waals surface area contributed by atoms with Crippen LogP contribution in [0.15, 0.2) is 0 Å². The second-order valence-electron chi connectivity index (χ2n) is 4.60. The molecule has 1 heteroatoms. The molecule has 0 radical (unpaired) electrons. The predicted octanol–water partition coefficient (Wildman–Crippen LogP) is 2.91. The molecule has 1 rings (SSSR count). The lowest BCUT2D eigenvalue weighted by Gasteiger charge is -2.15. The van der Waals surface area contributed by atoms with Crippen LogP contribution in [0.1, 0.15) is 46.0 Å². The van der Waals surface area contributed by atoms with E-state index in [1.807, 2.05) is 0 Å². The van der Waals surface area contributed by atoms with Gasteiger partial charge < -0.3 is 4.90 Å². The van der Waals surface area contributed by atoms with E-state index in [9.17, 15) is 0 Å². The summed E-state index contributed by atoms with van der Waals surface area (Å²) in [5, 5.41) is 0. The van der Waals surface area contributed by atoms with E-state index in [1.54, 1.807) is 0 Å². The Hall–Kier alpha value is -0.0400. The third-order valence-electron chi connectivity index (χ3n) is 2.71. The van der Waals surface area contributed by atoms with Gasteiger partial charge in [-0.1, -0.05) is 26.7 Å². The Kier molecular flexibility index (Phi) is 4.07. The molecule has 0 spiro atoms. The van der Waals surface area contributed by atoms with Gasteiger partial charge in [0.05, 0.1) is 0 Å². The fourth-order valence-corrected chi connectivity index (χ4v) is 1.61. The minimum atomic E-state index is 0.885. The van der Waals surface area contributed by atoms with Gasteiger partial charge in [0.2, 0.25) is 0 Å². The van der Waals surface area contributed by atoms with Crippen LogP contribution in [0.4, 0.5) is 0 Å². The van der Waals surface area contributed by atoms with Crippen molar-refractivity contribution in [2.75, 3.05) is 13.6 Å². The lowest BCUT2D eigenvalue weighted by atomic mass is 10.1. The topological polar surface area (TPSA) is 3.24 Å². The molecule has 12 heavy (non-hydrogen) atoms. The van der Waals surface area contributed by atoms with Gasteiger partial charge in [0.15, 0.2) is 0 Å². The van der Waals surface area contributed by atoms with Crippen molar-refractivity contribution in [2.45, 2.75) is 52.0 Å². The number of rotatable bonds is 6. The second-order valence-corrected chi connectivity index (χ2v) is 4.60. The molecular formula is C11H23N. The molecule has 0 saturated heterocycles. The minimum absolute atomic E-state index is 0.885. The van der Waals surface area contributed by atoms with Gasteiger partial charge >= 0.3 is 0 Å². The Bertz CT molecular complexity index is 116. The molecule has 0 aromatic rings. The lowest BCUT2D eigenvalue weighted by molar-refractivity contribution is 0.311. The van der Waals surface area contributed by atoms with Crippen molar-refractivity contribution >= 4 is 0 Å². The zero-order chi connectivity index (χ0) is 8.97. The maximum absolute atomic E-state index is 2.53. The Morgan fingerprint density at radius 1 is 1.25 bits per heavy atom. The van der Waals surface area contributed by atoms with Crippen molar-refractivity contribution in [1.82, 2.24) is 4.90 Å². The lowest BCUT2D eigenvalue weighted by Crippen LogP contribution is -2.21. The summed E-state index contributed by atoms with van der Waals surface area (Å²) in [5.41, 5.74) is 0. The van der Waals surface area contributed by atoms with Gasteiger partial charge in [-0.05, 0) is 38.8 Å². The quantitative estimate of drug-likeness (QED) is 0.553. The van der Waals surface area contributed by atoms with Gasteiger partial charge in [-0.2, -0.15) is 0 Å². The van der Waals surface area contributed by atoms with Crippen LogP contribution >= 0.6 is 0 Å². The highest BCUT2D eigenvalue weighted by Gasteiger charge is 2.25. The summed E-state index contributed by atoms with van der Waals surface area (Å²) in [7, 11) is 2.27. The second kappa shape index (κ2) is 4.86. The highest BCUT2D eigenvalue weighted by molar-refractivity contribution is 4.82. The maximum Gasteiger partial charge on any atom is 0.00933 e. The normalized spacial score (nSPS) is 17.8. The SMILES string of the molecule is CC(C)CCCCN(C)C1CC1. The van der Waals surface area contributed by atoms with Gasteiger partial charge in [-0.25, -0.2) is 0 Å². The molecule has 1 fully saturated rings. The molecule has 1 aliphatic carbocycles. The van der Waals surface area contributed by atoms with Gasteiger partial charge in [0.25, 0.3) is 0 Å². The van der Waals surface area contributed by atoms with Crippen LogP contribution < -0.4 is 0 Å². The van der Waals surface area contributed by atoms with E-state index < -0.39 is 0 Å². The summed E-state index contributed by atoms with van der Waals surface area (Å²) in [6, 6.07) is 0.948. The standard InChI is InChI=1S/C11H23N/c1-10(2)6-4-5-9-12(3)11-7-8-11/h10-11H,4-9H2,1-3H3. The first-order valence-corrected chi connectivity index (χ1v) is 5.40. The Balaban J connectivity index is 1.87. The van der Waals surface area contributed by atoms with Gasteiger partial charge in [0, 0.05) is 6.04 Å². The van der Waals surface area contributed by atoms with E-state index in [2.05, 4.69) is 25.8 Å². The first kappa shape index (κ1) is 10.0. The molecule has 0 bridgehead atoms. The fraction of sp³-hybridized carbons (Fsp3) is 1.00. The van der Waals surface area contributed by atoms with Crippen LogP contribution in [0.2, 0.25) is 0 Å². The van der Waals surface area contributed by atoms with Crippen LogP contribution in [0.5, 0.6) is 0 Å². The first-order chi connectivity index (χ1) is 5.70. The molecule has 0 unspecified atom stereocenters. The van der Waals surface area contributed by atoms with Gasteiger partial charge in [-0.15, -0.1) is 0 Å². The van der Waals surface area contributed by atoms with Crippen molar-refractivity contribution in [1.29, 1.82) is 0 Å². The number of hydrogen-bond donors (Lipinski definition) is 0. The van der Waals surface area contributed by atoms with Crippen LogP contribution in [0.25, 0.3) is 0 Å². The van der Waals surface area contributed by atoms with E-state index in [4.69, 9.17) is 0 Å². The Morgan fingerprint density at radius 3 is 2.42 bits per heavy atom. The summed E-state index contributed by atoms with van der Waals surface area (Å²) in [6.07, 6.45) is 7.10. The van der Waals surface area contributed by atoms with Crippen molar-refractivity contribution in [3.63, 3.8) is 0 Å². The molecule has 0 N–H and O–H groups in total. The van der Waals surface area contributed by atoms with E-state index in [0.29, 0.717) is 0 Å². The first-order valence-electron chi connectivity index (χ1n) is 5.40. The summed E-state index contributed by atoms with van der Waals surface area (Å²) in [5.74, 6) is 0.885. The van der Waals surface area contributed by atoms with Crippen molar-refractivity contribution in [3.8, 4) is 0 Å². The smallest absolute Gasteiger partial charge is 0.00933 e. The molecule has 1 nitrogen and oxygen atoms in total. The molecule has 0 atom stereocenters. The average molecular weight is 169 g/mol. The molecule has 0 heterocycles. The van der Waals surface area contributed by atoms with E-state index >= 15 is 0 Å². The monoisotopic (exact) mass is 169 g/mol. The van der Waals surface area contributed by atoms with E-state index in [1.165, 1.54) is 38.6 Å². The van der Waals surface area contributed by atoms with Crippen LogP contribution in [0, 0.1) is 5.92 Å². The maximum atomic E-state index is 2.53. The van der Waals surface area contributed by atoms with Crippen molar-refractivity contribution in [3.05, 3.63) is 0 Å². The highest BCUT2D eigenvalue weighted by atomic mass is 15.1. The fourth-order valence-electron chi connectivity index (χ4n) is 1.61. The summed E-state index contributed by atoms with van der Waals surface area (Å²) in [4.78, 5) is 2.53. The molecule has 72 valence electrons. The van der Waals surface area contributed by atoms with Crippen LogP contribution in [0.3, 0.4) is 0 Å². The number of unbranched alkanes of at least 4 members (excludes halogenated alkanes) is 1. The Morgan fingerprint density at radius 2 is 1.92 bits per heavy atom. The third-order valence-corrected chi connectivity index (χ3v) is 2.71. The number of hydrogen-bond acceptors (Lipinski definition) is 1. The predicted molar refractivity (Wildman–Crippen MR) is 54.3 cm³/mol. The van der Waals surface area contributed by atoms with Gasteiger partial charge in [-0.3, -0.25) is 0 Å². The van der Waals surface area contributed by atoms with E-state index in [0.717, 1.165) is 12.0 Å². The largest absolute Gasteiger partial charge is 0.303 e. The molecular weight excluding hydrogens is 146 g/mol.